The van der Waals surface area contributed by atoms with Crippen molar-refractivity contribution in [3.63, 3.8) is 0 Å². The molecule has 0 fully saturated rings. The van der Waals surface area contributed by atoms with Crippen molar-refractivity contribution in [3.8, 4) is 11.9 Å². The van der Waals surface area contributed by atoms with Crippen LogP contribution in [0.3, 0.4) is 0 Å². The smallest absolute Gasteiger partial charge is 0.181 e. The van der Waals surface area contributed by atoms with Gasteiger partial charge in [-0.2, -0.15) is 5.26 Å². The summed E-state index contributed by atoms with van der Waals surface area (Å²) in [5.41, 5.74) is 0.554. The zero-order chi connectivity index (χ0) is 8.97. The number of nitrogens with one attached hydrogen (secondary N) is 1. The number of hydrogen-bond acceptors (Lipinski definition) is 3. The Bertz CT molecular complexity index is 319. The lowest BCUT2D eigenvalue weighted by Gasteiger charge is -2.03. The van der Waals surface area contributed by atoms with Crippen molar-refractivity contribution in [2.45, 2.75) is 0 Å². The minimum Gasteiger partial charge on any atom is -0.497 e. The SMILES string of the molecule is COc1ccc(Cl)c(NC#N)c1. The predicted octanol–water partition coefficient (Wildman–Crippen LogP) is 2.24. The zero-order valence-corrected chi connectivity index (χ0v) is 7.22. The highest BCUT2D eigenvalue weighted by Crippen LogP contribution is 2.25. The van der Waals surface area contributed by atoms with Gasteiger partial charge >= 0.3 is 0 Å². The Morgan fingerprint density at radius 1 is 1.58 bits per heavy atom. The average molecular weight is 183 g/mol. The largest absolute Gasteiger partial charge is 0.497 e. The number of hydrogen-bond donors (Lipinski definition) is 1. The summed E-state index contributed by atoms with van der Waals surface area (Å²) in [6.45, 7) is 0. The summed E-state index contributed by atoms with van der Waals surface area (Å²) in [6.07, 6.45) is 1.79. The molecule has 0 saturated heterocycles. The quantitative estimate of drug-likeness (QED) is 0.564. The van der Waals surface area contributed by atoms with E-state index in [1.54, 1.807) is 31.5 Å². The Morgan fingerprint density at radius 3 is 2.92 bits per heavy atom. The van der Waals surface area contributed by atoms with E-state index in [2.05, 4.69) is 5.32 Å². The van der Waals surface area contributed by atoms with Crippen molar-refractivity contribution < 1.29 is 4.74 Å². The van der Waals surface area contributed by atoms with Crippen LogP contribution in [0, 0.1) is 11.5 Å². The molecular formula is C8H7ClN2O. The zero-order valence-electron chi connectivity index (χ0n) is 6.47. The molecule has 0 aliphatic rings. The van der Waals surface area contributed by atoms with E-state index in [1.165, 1.54) is 0 Å². The van der Waals surface area contributed by atoms with E-state index in [-0.39, 0.29) is 0 Å². The van der Waals surface area contributed by atoms with Crippen LogP contribution < -0.4 is 10.1 Å². The number of ether oxygens (including phenoxy) is 1. The first-order chi connectivity index (χ1) is 5.77. The van der Waals surface area contributed by atoms with Gasteiger partial charge < -0.3 is 4.74 Å². The molecule has 0 atom stereocenters. The lowest BCUT2D eigenvalue weighted by Crippen LogP contribution is -1.90. The lowest BCUT2D eigenvalue weighted by molar-refractivity contribution is 0.415. The predicted molar refractivity (Wildman–Crippen MR) is 47.2 cm³/mol. The second-order valence-electron chi connectivity index (χ2n) is 2.08. The van der Waals surface area contributed by atoms with Gasteiger partial charge in [0.2, 0.25) is 0 Å². The van der Waals surface area contributed by atoms with Gasteiger partial charge in [0, 0.05) is 6.07 Å². The molecule has 4 heteroatoms. The van der Waals surface area contributed by atoms with Crippen LogP contribution >= 0.6 is 11.6 Å². The summed E-state index contributed by atoms with van der Waals surface area (Å²) in [4.78, 5) is 0. The first kappa shape index (κ1) is 8.69. The molecule has 0 bridgehead atoms. The van der Waals surface area contributed by atoms with E-state index >= 15 is 0 Å². The minimum absolute atomic E-state index is 0.498. The Kier molecular flexibility index (Phi) is 2.78. The third kappa shape index (κ3) is 1.80. The van der Waals surface area contributed by atoms with Crippen LogP contribution in [0.1, 0.15) is 0 Å². The van der Waals surface area contributed by atoms with Crippen molar-refractivity contribution in [2.75, 3.05) is 12.4 Å². The number of nitrogens with zero attached hydrogens (tertiary/aromatic N) is 1. The van der Waals surface area contributed by atoms with Gasteiger partial charge in [0.05, 0.1) is 17.8 Å². The third-order valence-electron chi connectivity index (χ3n) is 1.36. The third-order valence-corrected chi connectivity index (χ3v) is 1.69. The summed E-state index contributed by atoms with van der Waals surface area (Å²) >= 11 is 5.76. The van der Waals surface area contributed by atoms with Crippen molar-refractivity contribution in [1.29, 1.82) is 5.26 Å². The highest BCUT2D eigenvalue weighted by Gasteiger charge is 2.00. The molecule has 0 saturated carbocycles. The molecule has 1 rings (SSSR count). The molecule has 0 heterocycles. The van der Waals surface area contributed by atoms with Crippen LogP contribution in [0.5, 0.6) is 5.75 Å². The maximum absolute atomic E-state index is 8.35. The molecule has 1 aromatic carbocycles. The second kappa shape index (κ2) is 3.84. The van der Waals surface area contributed by atoms with Crippen molar-refractivity contribution >= 4 is 17.3 Å². The van der Waals surface area contributed by atoms with E-state index < -0.39 is 0 Å². The number of benzene rings is 1. The maximum Gasteiger partial charge on any atom is 0.181 e. The molecule has 0 amide bonds. The molecule has 0 aliphatic heterocycles. The highest BCUT2D eigenvalue weighted by molar-refractivity contribution is 6.33. The first-order valence-electron chi connectivity index (χ1n) is 3.26. The number of halogens is 1. The Hall–Kier alpha value is -1.40. The number of methoxy groups -OCH3 is 1. The molecule has 1 aromatic rings. The monoisotopic (exact) mass is 182 g/mol. The van der Waals surface area contributed by atoms with Crippen LogP contribution in [0.4, 0.5) is 5.69 Å². The normalized spacial score (nSPS) is 8.75. The summed E-state index contributed by atoms with van der Waals surface area (Å²) in [7, 11) is 1.55. The fourth-order valence-corrected chi connectivity index (χ4v) is 0.952. The molecule has 62 valence electrons. The van der Waals surface area contributed by atoms with Crippen LogP contribution in [-0.4, -0.2) is 7.11 Å². The summed E-state index contributed by atoms with van der Waals surface area (Å²) in [6, 6.07) is 5.05. The number of rotatable bonds is 2. The molecule has 0 radical (unpaired) electrons. The van der Waals surface area contributed by atoms with E-state index in [0.717, 1.165) is 0 Å². The van der Waals surface area contributed by atoms with Gasteiger partial charge in [0.25, 0.3) is 0 Å². The van der Waals surface area contributed by atoms with Gasteiger partial charge in [-0.05, 0) is 12.1 Å². The van der Waals surface area contributed by atoms with Gasteiger partial charge in [0.15, 0.2) is 6.19 Å². The van der Waals surface area contributed by atoms with Crippen molar-refractivity contribution in [2.24, 2.45) is 0 Å². The van der Waals surface area contributed by atoms with Crippen molar-refractivity contribution in [1.82, 2.24) is 0 Å². The molecule has 0 spiro atoms. The molecule has 0 aromatic heterocycles. The first-order valence-corrected chi connectivity index (χ1v) is 3.64. The van der Waals surface area contributed by atoms with E-state index in [9.17, 15) is 0 Å². The average Bonchev–Trinajstić information content (AvgIpc) is 2.09. The standard InChI is InChI=1S/C8H7ClN2O/c1-12-6-2-3-7(9)8(4-6)11-5-10/h2-4,11H,1H3. The molecule has 1 N–H and O–H groups in total. The second-order valence-corrected chi connectivity index (χ2v) is 2.49. The van der Waals surface area contributed by atoms with E-state index in [1.807, 2.05) is 0 Å². The van der Waals surface area contributed by atoms with Gasteiger partial charge in [-0.15, -0.1) is 0 Å². The molecule has 3 nitrogen and oxygen atoms in total. The Morgan fingerprint density at radius 2 is 2.33 bits per heavy atom. The lowest BCUT2D eigenvalue weighted by atomic mass is 10.3. The molecule has 12 heavy (non-hydrogen) atoms. The maximum atomic E-state index is 8.35. The highest BCUT2D eigenvalue weighted by atomic mass is 35.5. The van der Waals surface area contributed by atoms with E-state index in [0.29, 0.717) is 16.5 Å². The summed E-state index contributed by atoms with van der Waals surface area (Å²) in [5, 5.41) is 11.3. The summed E-state index contributed by atoms with van der Waals surface area (Å²) < 4.78 is 4.95. The topological polar surface area (TPSA) is 45.0 Å². The fraction of sp³-hybridized carbons (Fsp3) is 0.125. The van der Waals surface area contributed by atoms with Crippen LogP contribution in [-0.2, 0) is 0 Å². The molecule has 0 aliphatic carbocycles. The molecule has 0 unspecified atom stereocenters. The van der Waals surface area contributed by atoms with Crippen LogP contribution in [0.25, 0.3) is 0 Å². The number of anilines is 1. The van der Waals surface area contributed by atoms with Gasteiger partial charge in [-0.1, -0.05) is 11.6 Å². The Balaban J connectivity index is 3.01. The van der Waals surface area contributed by atoms with Gasteiger partial charge in [-0.3, -0.25) is 5.32 Å². The minimum atomic E-state index is 0.498. The number of nitriles is 1. The van der Waals surface area contributed by atoms with Gasteiger partial charge in [-0.25, -0.2) is 0 Å². The Labute approximate surface area is 75.5 Å². The van der Waals surface area contributed by atoms with Crippen LogP contribution in [0.2, 0.25) is 5.02 Å². The fourth-order valence-electron chi connectivity index (χ4n) is 0.787. The van der Waals surface area contributed by atoms with E-state index in [4.69, 9.17) is 21.6 Å². The van der Waals surface area contributed by atoms with Crippen LogP contribution in [0.15, 0.2) is 18.2 Å². The molecular weight excluding hydrogens is 176 g/mol. The van der Waals surface area contributed by atoms with Crippen molar-refractivity contribution in [3.05, 3.63) is 23.2 Å². The summed E-state index contributed by atoms with van der Waals surface area (Å²) in [5.74, 6) is 0.664. The van der Waals surface area contributed by atoms with Gasteiger partial charge in [0.1, 0.15) is 5.75 Å².